The molecule has 1 N–H and O–H groups in total. The highest BCUT2D eigenvalue weighted by molar-refractivity contribution is 5.98. The number of benzene rings is 1. The van der Waals surface area contributed by atoms with E-state index in [1.165, 1.54) is 0 Å². The standard InChI is InChI=1S/C18H26N2O3/c1-3-5-8-11-20-13-14(12-17(20)21)18(22)19-15-9-6-7-10-16(15)23-4-2/h6-7,9-10,14H,3-5,8,11-13H2,1-2H3,(H,19,22). The summed E-state index contributed by atoms with van der Waals surface area (Å²) in [6.07, 6.45) is 3.54. The van der Waals surface area contributed by atoms with Crippen molar-refractivity contribution in [2.75, 3.05) is 25.0 Å². The molecule has 0 saturated carbocycles. The molecule has 0 aromatic heterocycles. The van der Waals surface area contributed by atoms with Crippen LogP contribution in [0.2, 0.25) is 0 Å². The summed E-state index contributed by atoms with van der Waals surface area (Å²) in [5.74, 6) is 0.356. The van der Waals surface area contributed by atoms with Gasteiger partial charge in [-0.25, -0.2) is 0 Å². The monoisotopic (exact) mass is 318 g/mol. The third kappa shape index (κ3) is 4.71. The Bertz CT molecular complexity index is 545. The number of hydrogen-bond acceptors (Lipinski definition) is 3. The zero-order valence-electron chi connectivity index (χ0n) is 14.0. The van der Waals surface area contributed by atoms with Gasteiger partial charge in [0, 0.05) is 19.5 Å². The Morgan fingerprint density at radius 2 is 2.09 bits per heavy atom. The van der Waals surface area contributed by atoms with Crippen LogP contribution < -0.4 is 10.1 Å². The van der Waals surface area contributed by atoms with Gasteiger partial charge in [-0.3, -0.25) is 9.59 Å². The number of anilines is 1. The number of rotatable bonds is 8. The Kier molecular flexibility index (Phi) is 6.44. The first-order valence-electron chi connectivity index (χ1n) is 8.46. The van der Waals surface area contributed by atoms with E-state index in [2.05, 4.69) is 12.2 Å². The maximum atomic E-state index is 12.4. The first-order valence-corrected chi connectivity index (χ1v) is 8.46. The summed E-state index contributed by atoms with van der Waals surface area (Å²) in [5.41, 5.74) is 0.663. The molecule has 0 radical (unpaired) electrons. The van der Waals surface area contributed by atoms with Crippen molar-refractivity contribution in [1.82, 2.24) is 4.90 Å². The van der Waals surface area contributed by atoms with E-state index in [0.29, 0.717) is 31.0 Å². The summed E-state index contributed by atoms with van der Waals surface area (Å²) in [4.78, 5) is 26.3. The molecular weight excluding hydrogens is 292 g/mol. The van der Waals surface area contributed by atoms with Gasteiger partial charge in [0.05, 0.1) is 18.2 Å². The van der Waals surface area contributed by atoms with Gasteiger partial charge in [0.25, 0.3) is 0 Å². The number of nitrogens with zero attached hydrogens (tertiary/aromatic N) is 1. The van der Waals surface area contributed by atoms with Gasteiger partial charge < -0.3 is 15.0 Å². The van der Waals surface area contributed by atoms with Crippen LogP contribution in [0.3, 0.4) is 0 Å². The number of carbonyl (C=O) groups is 2. The van der Waals surface area contributed by atoms with Crippen LogP contribution in [0.4, 0.5) is 5.69 Å². The minimum atomic E-state index is -0.279. The number of hydrogen-bond donors (Lipinski definition) is 1. The molecule has 23 heavy (non-hydrogen) atoms. The predicted molar refractivity (Wildman–Crippen MR) is 90.5 cm³/mol. The quantitative estimate of drug-likeness (QED) is 0.749. The molecule has 1 aromatic carbocycles. The first-order chi connectivity index (χ1) is 11.2. The molecule has 1 aliphatic heterocycles. The van der Waals surface area contributed by atoms with Crippen LogP contribution in [-0.4, -0.2) is 36.4 Å². The van der Waals surface area contributed by atoms with Crippen LogP contribution >= 0.6 is 0 Å². The lowest BCUT2D eigenvalue weighted by Crippen LogP contribution is -2.29. The largest absolute Gasteiger partial charge is 0.492 e. The molecule has 1 heterocycles. The van der Waals surface area contributed by atoms with Crippen LogP contribution in [-0.2, 0) is 9.59 Å². The highest BCUT2D eigenvalue weighted by atomic mass is 16.5. The van der Waals surface area contributed by atoms with Crippen molar-refractivity contribution in [3.8, 4) is 5.75 Å². The molecule has 1 atom stereocenters. The molecule has 1 fully saturated rings. The van der Waals surface area contributed by atoms with E-state index in [-0.39, 0.29) is 17.7 Å². The summed E-state index contributed by atoms with van der Waals surface area (Å²) in [5, 5.41) is 2.90. The molecule has 0 spiro atoms. The Hall–Kier alpha value is -2.04. The van der Waals surface area contributed by atoms with E-state index in [4.69, 9.17) is 4.74 Å². The lowest BCUT2D eigenvalue weighted by atomic mass is 10.1. The lowest BCUT2D eigenvalue weighted by Gasteiger charge is -2.17. The van der Waals surface area contributed by atoms with Crippen LogP contribution in [0.15, 0.2) is 24.3 Å². The van der Waals surface area contributed by atoms with Crippen molar-refractivity contribution in [2.24, 2.45) is 5.92 Å². The van der Waals surface area contributed by atoms with Gasteiger partial charge in [0.1, 0.15) is 5.75 Å². The number of nitrogens with one attached hydrogen (secondary N) is 1. The average Bonchev–Trinajstić information content (AvgIpc) is 2.91. The molecular formula is C18H26N2O3. The molecule has 2 amide bonds. The number of unbranched alkanes of at least 4 members (excludes halogenated alkanes) is 2. The van der Waals surface area contributed by atoms with Crippen LogP contribution in [0, 0.1) is 5.92 Å². The zero-order chi connectivity index (χ0) is 16.7. The van der Waals surface area contributed by atoms with Gasteiger partial charge in [-0.2, -0.15) is 0 Å². The van der Waals surface area contributed by atoms with Crippen LogP contribution in [0.5, 0.6) is 5.75 Å². The van der Waals surface area contributed by atoms with Gasteiger partial charge >= 0.3 is 0 Å². The van der Waals surface area contributed by atoms with E-state index in [1.54, 1.807) is 0 Å². The van der Waals surface area contributed by atoms with Crippen LogP contribution in [0.25, 0.3) is 0 Å². The predicted octanol–water partition coefficient (Wildman–Crippen LogP) is 3.06. The lowest BCUT2D eigenvalue weighted by molar-refractivity contribution is -0.128. The van der Waals surface area contributed by atoms with Crippen LogP contribution in [0.1, 0.15) is 39.5 Å². The van der Waals surface area contributed by atoms with Gasteiger partial charge in [-0.1, -0.05) is 31.9 Å². The topological polar surface area (TPSA) is 58.6 Å². The van der Waals surface area contributed by atoms with Gasteiger partial charge in [-0.05, 0) is 25.5 Å². The summed E-state index contributed by atoms with van der Waals surface area (Å²) in [7, 11) is 0. The molecule has 1 aromatic rings. The molecule has 5 heteroatoms. The van der Waals surface area contributed by atoms with Crippen molar-refractivity contribution in [2.45, 2.75) is 39.5 Å². The second-order valence-electron chi connectivity index (χ2n) is 5.87. The molecule has 1 aliphatic rings. The van der Waals surface area contributed by atoms with Gasteiger partial charge in [0.2, 0.25) is 11.8 Å². The molecule has 5 nitrogen and oxygen atoms in total. The smallest absolute Gasteiger partial charge is 0.229 e. The minimum Gasteiger partial charge on any atom is -0.492 e. The Morgan fingerprint density at radius 1 is 1.30 bits per heavy atom. The summed E-state index contributed by atoms with van der Waals surface area (Å²) >= 11 is 0. The average molecular weight is 318 g/mol. The summed E-state index contributed by atoms with van der Waals surface area (Å²) < 4.78 is 5.52. The summed E-state index contributed by atoms with van der Waals surface area (Å²) in [6, 6.07) is 7.37. The van der Waals surface area contributed by atoms with Gasteiger partial charge in [-0.15, -0.1) is 0 Å². The number of carbonyl (C=O) groups excluding carboxylic acids is 2. The SMILES string of the molecule is CCCCCN1CC(C(=O)Nc2ccccc2OCC)CC1=O. The second kappa shape index (κ2) is 8.56. The van der Waals surface area contributed by atoms with E-state index in [1.807, 2.05) is 36.1 Å². The van der Waals surface area contributed by atoms with E-state index in [0.717, 1.165) is 25.8 Å². The van der Waals surface area contributed by atoms with Crippen molar-refractivity contribution >= 4 is 17.5 Å². The Morgan fingerprint density at radius 3 is 2.83 bits per heavy atom. The third-order valence-corrected chi connectivity index (χ3v) is 4.06. The fourth-order valence-corrected chi connectivity index (χ4v) is 2.80. The van der Waals surface area contributed by atoms with Crippen molar-refractivity contribution in [3.05, 3.63) is 24.3 Å². The number of amides is 2. The molecule has 0 aliphatic carbocycles. The third-order valence-electron chi connectivity index (χ3n) is 4.06. The Labute approximate surface area is 138 Å². The summed E-state index contributed by atoms with van der Waals surface area (Å²) in [6.45, 7) is 5.86. The molecule has 0 bridgehead atoms. The number of para-hydroxylation sites is 2. The van der Waals surface area contributed by atoms with E-state index < -0.39 is 0 Å². The van der Waals surface area contributed by atoms with Crippen molar-refractivity contribution in [1.29, 1.82) is 0 Å². The molecule has 1 saturated heterocycles. The van der Waals surface area contributed by atoms with E-state index >= 15 is 0 Å². The molecule has 126 valence electrons. The van der Waals surface area contributed by atoms with E-state index in [9.17, 15) is 9.59 Å². The highest BCUT2D eigenvalue weighted by Crippen LogP contribution is 2.26. The number of ether oxygens (including phenoxy) is 1. The fourth-order valence-electron chi connectivity index (χ4n) is 2.80. The minimum absolute atomic E-state index is 0.0827. The normalized spacial score (nSPS) is 17.4. The first kappa shape index (κ1) is 17.3. The van der Waals surface area contributed by atoms with Crippen molar-refractivity contribution in [3.63, 3.8) is 0 Å². The maximum absolute atomic E-state index is 12.4. The van der Waals surface area contributed by atoms with Crippen molar-refractivity contribution < 1.29 is 14.3 Å². The second-order valence-corrected chi connectivity index (χ2v) is 5.87. The fraction of sp³-hybridized carbons (Fsp3) is 0.556. The molecule has 2 rings (SSSR count). The van der Waals surface area contributed by atoms with Gasteiger partial charge in [0.15, 0.2) is 0 Å². The zero-order valence-corrected chi connectivity index (χ0v) is 14.0. The maximum Gasteiger partial charge on any atom is 0.229 e. The Balaban J connectivity index is 1.93. The molecule has 1 unspecified atom stereocenters. The number of likely N-dealkylation sites (tertiary alicyclic amines) is 1. The highest BCUT2D eigenvalue weighted by Gasteiger charge is 2.34.